The fourth-order valence-corrected chi connectivity index (χ4v) is 2.05. The molecule has 0 aromatic carbocycles. The van der Waals surface area contributed by atoms with Crippen LogP contribution in [-0.4, -0.2) is 31.0 Å². The van der Waals surface area contributed by atoms with E-state index in [1.54, 1.807) is 18.6 Å². The van der Waals surface area contributed by atoms with Gasteiger partial charge >= 0.3 is 5.97 Å². The Hall–Kier alpha value is -2.37. The first-order valence-electron chi connectivity index (χ1n) is 6.52. The van der Waals surface area contributed by atoms with Crippen molar-refractivity contribution >= 4 is 5.97 Å². The quantitative estimate of drug-likeness (QED) is 0.890. The summed E-state index contributed by atoms with van der Waals surface area (Å²) in [6, 6.07) is 0. The number of aryl methyl sites for hydroxylation is 2. The third-order valence-electron chi connectivity index (χ3n) is 2.97. The molecule has 104 valence electrons. The van der Waals surface area contributed by atoms with Gasteiger partial charge in [0, 0.05) is 29.3 Å². The van der Waals surface area contributed by atoms with Crippen molar-refractivity contribution in [2.75, 3.05) is 0 Å². The lowest BCUT2D eigenvalue weighted by Crippen LogP contribution is -2.12. The van der Waals surface area contributed by atoms with Gasteiger partial charge in [-0.25, -0.2) is 15.0 Å². The molecule has 20 heavy (non-hydrogen) atoms. The lowest BCUT2D eigenvalue weighted by molar-refractivity contribution is -0.136. The molecule has 0 saturated heterocycles. The van der Waals surface area contributed by atoms with Crippen molar-refractivity contribution in [3.8, 4) is 11.5 Å². The Morgan fingerprint density at radius 1 is 1.15 bits per heavy atom. The summed E-state index contributed by atoms with van der Waals surface area (Å²) in [4.78, 5) is 28.1. The zero-order valence-electron chi connectivity index (χ0n) is 11.5. The number of aliphatic carboxylic acids is 1. The van der Waals surface area contributed by atoms with Crippen LogP contribution in [0.1, 0.15) is 30.8 Å². The molecule has 2 rings (SSSR count). The number of hydrogen-bond donors (Lipinski definition) is 1. The topological polar surface area (TPSA) is 88.9 Å². The van der Waals surface area contributed by atoms with Crippen LogP contribution in [0.5, 0.6) is 0 Å². The predicted molar refractivity (Wildman–Crippen MR) is 73.2 cm³/mol. The standard InChI is InChI=1S/C14H16N4O2/c1-3-10-9(7-13(19)20)11(4-2)18-14(17-10)12-8-15-5-6-16-12/h5-6,8H,3-4,7H2,1-2H3,(H,19,20). The summed E-state index contributed by atoms with van der Waals surface area (Å²) in [6.45, 7) is 3.90. The van der Waals surface area contributed by atoms with Crippen molar-refractivity contribution < 1.29 is 9.90 Å². The number of nitrogens with zero attached hydrogens (tertiary/aromatic N) is 4. The van der Waals surface area contributed by atoms with E-state index >= 15 is 0 Å². The smallest absolute Gasteiger partial charge is 0.307 e. The van der Waals surface area contributed by atoms with Crippen molar-refractivity contribution in [3.05, 3.63) is 35.5 Å². The highest BCUT2D eigenvalue weighted by Crippen LogP contribution is 2.19. The molecule has 2 aromatic heterocycles. The van der Waals surface area contributed by atoms with Gasteiger partial charge in [-0.3, -0.25) is 9.78 Å². The molecule has 2 heterocycles. The number of carboxylic acids is 1. The molecule has 0 spiro atoms. The van der Waals surface area contributed by atoms with Crippen molar-refractivity contribution in [1.29, 1.82) is 0 Å². The lowest BCUT2D eigenvalue weighted by Gasteiger charge is -2.12. The van der Waals surface area contributed by atoms with E-state index in [2.05, 4.69) is 19.9 Å². The van der Waals surface area contributed by atoms with Crippen LogP contribution in [0.4, 0.5) is 0 Å². The average Bonchev–Trinajstić information content (AvgIpc) is 2.47. The Morgan fingerprint density at radius 2 is 1.80 bits per heavy atom. The summed E-state index contributed by atoms with van der Waals surface area (Å²) in [5.41, 5.74) is 2.84. The van der Waals surface area contributed by atoms with Gasteiger partial charge in [0.05, 0.1) is 12.6 Å². The van der Waals surface area contributed by atoms with Gasteiger partial charge in [0.15, 0.2) is 5.82 Å². The Labute approximate surface area is 117 Å². The SMILES string of the molecule is CCc1nc(-c2cnccn2)nc(CC)c1CC(=O)O. The fourth-order valence-electron chi connectivity index (χ4n) is 2.05. The van der Waals surface area contributed by atoms with E-state index in [0.29, 0.717) is 24.4 Å². The van der Waals surface area contributed by atoms with E-state index in [9.17, 15) is 4.79 Å². The summed E-state index contributed by atoms with van der Waals surface area (Å²) >= 11 is 0. The molecule has 0 unspecified atom stereocenters. The number of rotatable bonds is 5. The second kappa shape index (κ2) is 6.18. The third-order valence-corrected chi connectivity index (χ3v) is 2.97. The molecule has 0 fully saturated rings. The number of carbonyl (C=O) groups is 1. The highest BCUT2D eigenvalue weighted by atomic mass is 16.4. The molecule has 0 radical (unpaired) electrons. The Morgan fingerprint density at radius 3 is 2.25 bits per heavy atom. The molecule has 6 heteroatoms. The van der Waals surface area contributed by atoms with E-state index < -0.39 is 5.97 Å². The number of hydrogen-bond acceptors (Lipinski definition) is 5. The van der Waals surface area contributed by atoms with Gasteiger partial charge < -0.3 is 5.11 Å². The largest absolute Gasteiger partial charge is 0.481 e. The van der Waals surface area contributed by atoms with Crippen LogP contribution in [-0.2, 0) is 24.1 Å². The predicted octanol–water partition coefficient (Wildman–Crippen LogP) is 1.69. The molecule has 6 nitrogen and oxygen atoms in total. The van der Waals surface area contributed by atoms with Gasteiger partial charge in [-0.2, -0.15) is 0 Å². The zero-order chi connectivity index (χ0) is 14.5. The normalized spacial score (nSPS) is 10.5. The maximum atomic E-state index is 11.0. The molecule has 2 aromatic rings. The second-order valence-electron chi connectivity index (χ2n) is 4.29. The molecule has 1 N–H and O–H groups in total. The van der Waals surface area contributed by atoms with Gasteiger partial charge in [-0.15, -0.1) is 0 Å². The van der Waals surface area contributed by atoms with Crippen LogP contribution in [0.25, 0.3) is 11.5 Å². The maximum absolute atomic E-state index is 11.0. The third kappa shape index (κ3) is 2.96. The molecule has 0 amide bonds. The molecule has 0 aliphatic rings. The molecule has 0 saturated carbocycles. The van der Waals surface area contributed by atoms with Gasteiger partial charge in [-0.05, 0) is 12.8 Å². The first kappa shape index (κ1) is 14.0. The molecular weight excluding hydrogens is 256 g/mol. The zero-order valence-corrected chi connectivity index (χ0v) is 11.5. The highest BCUT2D eigenvalue weighted by molar-refractivity contribution is 5.71. The molecule has 0 atom stereocenters. The summed E-state index contributed by atoms with van der Waals surface area (Å²) in [5.74, 6) is -0.369. The first-order chi connectivity index (χ1) is 9.65. The maximum Gasteiger partial charge on any atom is 0.307 e. The summed E-state index contributed by atoms with van der Waals surface area (Å²) < 4.78 is 0. The Kier molecular flexibility index (Phi) is 4.34. The van der Waals surface area contributed by atoms with Crippen LogP contribution in [0.15, 0.2) is 18.6 Å². The minimum Gasteiger partial charge on any atom is -0.481 e. The molecule has 0 bridgehead atoms. The Bertz CT molecular complexity index is 589. The van der Waals surface area contributed by atoms with E-state index in [0.717, 1.165) is 17.0 Å². The van der Waals surface area contributed by atoms with Crippen molar-refractivity contribution in [3.63, 3.8) is 0 Å². The van der Waals surface area contributed by atoms with Crippen LogP contribution in [0.3, 0.4) is 0 Å². The van der Waals surface area contributed by atoms with Crippen LogP contribution < -0.4 is 0 Å². The van der Waals surface area contributed by atoms with E-state index in [-0.39, 0.29) is 6.42 Å². The summed E-state index contributed by atoms with van der Waals surface area (Å²) in [7, 11) is 0. The Balaban J connectivity index is 2.55. The molecule has 0 aliphatic carbocycles. The fraction of sp³-hybridized carbons (Fsp3) is 0.357. The van der Waals surface area contributed by atoms with Crippen LogP contribution in [0.2, 0.25) is 0 Å². The van der Waals surface area contributed by atoms with E-state index in [1.807, 2.05) is 13.8 Å². The first-order valence-corrected chi connectivity index (χ1v) is 6.52. The van der Waals surface area contributed by atoms with E-state index in [1.165, 1.54) is 0 Å². The van der Waals surface area contributed by atoms with Gasteiger partial charge in [0.25, 0.3) is 0 Å². The second-order valence-corrected chi connectivity index (χ2v) is 4.29. The van der Waals surface area contributed by atoms with Gasteiger partial charge in [0.2, 0.25) is 0 Å². The van der Waals surface area contributed by atoms with Crippen molar-refractivity contribution in [1.82, 2.24) is 19.9 Å². The minimum atomic E-state index is -0.870. The van der Waals surface area contributed by atoms with Crippen molar-refractivity contribution in [2.45, 2.75) is 33.1 Å². The highest BCUT2D eigenvalue weighted by Gasteiger charge is 2.16. The molecular formula is C14H16N4O2. The summed E-state index contributed by atoms with van der Waals surface area (Å²) in [6.07, 6.45) is 6.04. The lowest BCUT2D eigenvalue weighted by atomic mass is 10.0. The average molecular weight is 272 g/mol. The van der Waals surface area contributed by atoms with E-state index in [4.69, 9.17) is 5.11 Å². The summed E-state index contributed by atoms with van der Waals surface area (Å²) in [5, 5.41) is 9.02. The monoisotopic (exact) mass is 272 g/mol. The number of carboxylic acid groups (broad SMARTS) is 1. The number of aromatic nitrogens is 4. The minimum absolute atomic E-state index is 0.0485. The van der Waals surface area contributed by atoms with Crippen LogP contribution in [0, 0.1) is 0 Å². The van der Waals surface area contributed by atoms with Crippen LogP contribution >= 0.6 is 0 Å². The van der Waals surface area contributed by atoms with Crippen molar-refractivity contribution in [2.24, 2.45) is 0 Å². The molecule has 0 aliphatic heterocycles. The van der Waals surface area contributed by atoms with Gasteiger partial charge in [-0.1, -0.05) is 13.8 Å². The van der Waals surface area contributed by atoms with Gasteiger partial charge in [0.1, 0.15) is 5.69 Å².